The van der Waals surface area contributed by atoms with Crippen molar-refractivity contribution >= 4 is 5.91 Å². The molecule has 1 aliphatic carbocycles. The van der Waals surface area contributed by atoms with Gasteiger partial charge in [0.05, 0.1) is 19.3 Å². The lowest BCUT2D eigenvalue weighted by Gasteiger charge is -2.48. The van der Waals surface area contributed by atoms with Crippen LogP contribution in [0.5, 0.6) is 0 Å². The van der Waals surface area contributed by atoms with E-state index in [-0.39, 0.29) is 11.7 Å². The van der Waals surface area contributed by atoms with Crippen LogP contribution in [0.1, 0.15) is 28.8 Å². The number of rotatable bonds is 2. The number of carbonyl (C=O) groups is 1. The molecule has 2 heterocycles. The molecule has 0 unspecified atom stereocenters. The van der Waals surface area contributed by atoms with Gasteiger partial charge in [0.1, 0.15) is 5.82 Å². The molecule has 2 saturated heterocycles. The highest BCUT2D eigenvalue weighted by atomic mass is 19.1. The molecular weight excluding hydrogens is 295 g/mol. The van der Waals surface area contributed by atoms with E-state index in [4.69, 9.17) is 4.74 Å². The molecular formula is C18H23FN2O2. The Labute approximate surface area is 136 Å². The normalized spacial score (nSPS) is 28.5. The fourth-order valence-electron chi connectivity index (χ4n) is 3.91. The number of benzene rings is 1. The van der Waals surface area contributed by atoms with Crippen LogP contribution in [0.3, 0.4) is 0 Å². The van der Waals surface area contributed by atoms with E-state index < -0.39 is 0 Å². The van der Waals surface area contributed by atoms with Gasteiger partial charge in [-0.05, 0) is 49.4 Å². The van der Waals surface area contributed by atoms with Crippen molar-refractivity contribution < 1.29 is 13.9 Å². The van der Waals surface area contributed by atoms with Crippen molar-refractivity contribution in [2.24, 2.45) is 5.92 Å². The molecule has 4 rings (SSSR count). The molecule has 3 fully saturated rings. The largest absolute Gasteiger partial charge is 0.378 e. The monoisotopic (exact) mass is 318 g/mol. The highest BCUT2D eigenvalue weighted by molar-refractivity contribution is 5.94. The predicted octanol–water partition coefficient (Wildman–Crippen LogP) is 2.07. The van der Waals surface area contributed by atoms with Crippen LogP contribution in [0.4, 0.5) is 4.39 Å². The summed E-state index contributed by atoms with van der Waals surface area (Å²) in [5, 5.41) is 0. The van der Waals surface area contributed by atoms with Gasteiger partial charge >= 0.3 is 0 Å². The second kappa shape index (κ2) is 5.87. The summed E-state index contributed by atoms with van der Waals surface area (Å²) in [4.78, 5) is 17.2. The topological polar surface area (TPSA) is 32.8 Å². The summed E-state index contributed by atoms with van der Waals surface area (Å²) < 4.78 is 19.2. The predicted molar refractivity (Wildman–Crippen MR) is 84.9 cm³/mol. The second-order valence-electron chi connectivity index (χ2n) is 7.05. The Morgan fingerprint density at radius 2 is 2.09 bits per heavy atom. The van der Waals surface area contributed by atoms with Gasteiger partial charge in [0.15, 0.2) is 0 Å². The molecule has 124 valence electrons. The lowest BCUT2D eigenvalue weighted by molar-refractivity contribution is -0.0816. The van der Waals surface area contributed by atoms with Crippen molar-refractivity contribution in [3.8, 4) is 0 Å². The summed E-state index contributed by atoms with van der Waals surface area (Å²) in [6.45, 7) is 5.61. The average Bonchev–Trinajstić information content (AvgIpc) is 3.40. The number of aryl methyl sites for hydroxylation is 1. The number of fused-ring (bicyclic) bond motifs is 1. The van der Waals surface area contributed by atoms with E-state index in [1.54, 1.807) is 19.1 Å². The minimum Gasteiger partial charge on any atom is -0.378 e. The first kappa shape index (κ1) is 15.1. The van der Waals surface area contributed by atoms with Gasteiger partial charge < -0.3 is 9.64 Å². The Hall–Kier alpha value is -1.46. The molecule has 0 N–H and O–H groups in total. The zero-order valence-corrected chi connectivity index (χ0v) is 13.5. The van der Waals surface area contributed by atoms with Crippen molar-refractivity contribution in [3.63, 3.8) is 0 Å². The fourth-order valence-corrected chi connectivity index (χ4v) is 3.91. The van der Waals surface area contributed by atoms with Crippen LogP contribution in [0.25, 0.3) is 0 Å². The number of ether oxygens (including phenoxy) is 1. The van der Waals surface area contributed by atoms with E-state index in [2.05, 4.69) is 4.90 Å². The molecule has 1 aromatic rings. The minimum absolute atomic E-state index is 0.00120. The first-order chi connectivity index (χ1) is 11.1. The third kappa shape index (κ3) is 2.88. The van der Waals surface area contributed by atoms with Crippen molar-refractivity contribution in [2.75, 3.05) is 32.8 Å². The van der Waals surface area contributed by atoms with E-state index in [9.17, 15) is 9.18 Å². The zero-order chi connectivity index (χ0) is 16.0. The molecule has 23 heavy (non-hydrogen) atoms. The number of morpholine rings is 1. The number of carbonyl (C=O) groups excluding carboxylic acids is 1. The third-order valence-corrected chi connectivity index (χ3v) is 5.41. The van der Waals surface area contributed by atoms with Gasteiger partial charge in [-0.3, -0.25) is 9.69 Å². The Balaban J connectivity index is 1.46. The maximum Gasteiger partial charge on any atom is 0.253 e. The van der Waals surface area contributed by atoms with E-state index in [1.807, 2.05) is 4.90 Å². The van der Waals surface area contributed by atoms with Crippen LogP contribution in [0.2, 0.25) is 0 Å². The van der Waals surface area contributed by atoms with Crippen LogP contribution in [0, 0.1) is 18.7 Å². The number of halogens is 1. The van der Waals surface area contributed by atoms with Crippen molar-refractivity contribution in [3.05, 3.63) is 35.1 Å². The Bertz CT molecular complexity index is 617. The quantitative estimate of drug-likeness (QED) is 0.837. The Morgan fingerprint density at radius 1 is 1.26 bits per heavy atom. The van der Waals surface area contributed by atoms with E-state index in [0.29, 0.717) is 36.4 Å². The number of amides is 1. The number of piperazine rings is 1. The lowest BCUT2D eigenvalue weighted by atomic mass is 10.0. The first-order valence-corrected chi connectivity index (χ1v) is 8.52. The number of hydrogen-bond acceptors (Lipinski definition) is 3. The molecule has 0 spiro atoms. The SMILES string of the molecule is Cc1cc(C(=O)N2CCN3[C@@H](COC[C@@H]3C3CC3)C2)ccc1F. The molecule has 3 aliphatic rings. The standard InChI is InChI=1S/C18H23FN2O2/c1-12-8-14(4-5-16(12)19)18(22)20-6-7-21-15(9-20)10-23-11-17(21)13-2-3-13/h4-5,8,13,15,17H,2-3,6-7,9-11H2,1H3/t15-,17-/m1/s1. The number of hydrogen-bond donors (Lipinski definition) is 0. The van der Waals surface area contributed by atoms with E-state index >= 15 is 0 Å². The Kier molecular flexibility index (Phi) is 3.85. The molecule has 1 saturated carbocycles. The lowest BCUT2D eigenvalue weighted by Crippen LogP contribution is -2.63. The van der Waals surface area contributed by atoms with Crippen molar-refractivity contribution in [1.82, 2.24) is 9.80 Å². The van der Waals surface area contributed by atoms with E-state index in [0.717, 1.165) is 25.6 Å². The van der Waals surface area contributed by atoms with Gasteiger partial charge in [0.2, 0.25) is 0 Å². The fraction of sp³-hybridized carbons (Fsp3) is 0.611. The summed E-state index contributed by atoms with van der Waals surface area (Å²) in [5.41, 5.74) is 1.09. The van der Waals surface area contributed by atoms with Gasteiger partial charge in [0.25, 0.3) is 5.91 Å². The van der Waals surface area contributed by atoms with Gasteiger partial charge in [-0.25, -0.2) is 4.39 Å². The summed E-state index contributed by atoms with van der Waals surface area (Å²) in [6, 6.07) is 5.45. The van der Waals surface area contributed by atoms with Gasteiger partial charge in [-0.15, -0.1) is 0 Å². The second-order valence-corrected chi connectivity index (χ2v) is 7.05. The first-order valence-electron chi connectivity index (χ1n) is 8.52. The zero-order valence-electron chi connectivity index (χ0n) is 13.5. The average molecular weight is 318 g/mol. The molecule has 5 heteroatoms. The van der Waals surface area contributed by atoms with Crippen LogP contribution >= 0.6 is 0 Å². The maximum absolute atomic E-state index is 13.4. The van der Waals surface area contributed by atoms with Crippen LogP contribution < -0.4 is 0 Å². The van der Waals surface area contributed by atoms with Crippen LogP contribution in [-0.4, -0.2) is 60.6 Å². The summed E-state index contributed by atoms with van der Waals surface area (Å²) in [6.07, 6.45) is 2.63. The summed E-state index contributed by atoms with van der Waals surface area (Å²) in [5.74, 6) is 0.528. The molecule has 0 radical (unpaired) electrons. The summed E-state index contributed by atoms with van der Waals surface area (Å²) >= 11 is 0. The third-order valence-electron chi connectivity index (χ3n) is 5.41. The van der Waals surface area contributed by atoms with Gasteiger partial charge in [0, 0.05) is 31.2 Å². The van der Waals surface area contributed by atoms with Crippen LogP contribution in [0.15, 0.2) is 18.2 Å². The van der Waals surface area contributed by atoms with E-state index in [1.165, 1.54) is 18.9 Å². The molecule has 4 nitrogen and oxygen atoms in total. The summed E-state index contributed by atoms with van der Waals surface area (Å²) in [7, 11) is 0. The molecule has 0 aromatic heterocycles. The highest BCUT2D eigenvalue weighted by Gasteiger charge is 2.43. The van der Waals surface area contributed by atoms with Crippen molar-refractivity contribution in [1.29, 1.82) is 0 Å². The smallest absolute Gasteiger partial charge is 0.253 e. The molecule has 2 atom stereocenters. The molecule has 1 aromatic carbocycles. The van der Waals surface area contributed by atoms with Gasteiger partial charge in [-0.2, -0.15) is 0 Å². The molecule has 1 amide bonds. The van der Waals surface area contributed by atoms with Gasteiger partial charge in [-0.1, -0.05) is 0 Å². The number of nitrogens with zero attached hydrogens (tertiary/aromatic N) is 2. The molecule has 0 bridgehead atoms. The Morgan fingerprint density at radius 3 is 2.83 bits per heavy atom. The van der Waals surface area contributed by atoms with Crippen LogP contribution in [-0.2, 0) is 4.74 Å². The highest BCUT2D eigenvalue weighted by Crippen LogP contribution is 2.38. The minimum atomic E-state index is -0.265. The maximum atomic E-state index is 13.4. The van der Waals surface area contributed by atoms with Crippen molar-refractivity contribution in [2.45, 2.75) is 31.8 Å². The molecule has 2 aliphatic heterocycles.